The number of ether oxygens (including phenoxy) is 1. The van der Waals surface area contributed by atoms with Crippen LogP contribution in [0.3, 0.4) is 0 Å². The van der Waals surface area contributed by atoms with Crippen molar-refractivity contribution in [2.24, 2.45) is 5.92 Å². The molecule has 2 heterocycles. The van der Waals surface area contributed by atoms with Crippen molar-refractivity contribution in [1.82, 2.24) is 9.29 Å². The van der Waals surface area contributed by atoms with Gasteiger partial charge in [-0.05, 0) is 25.0 Å². The summed E-state index contributed by atoms with van der Waals surface area (Å²) >= 11 is 0. The van der Waals surface area contributed by atoms with Crippen molar-refractivity contribution in [3.8, 4) is 11.3 Å². The maximum absolute atomic E-state index is 12.7. The zero-order valence-corrected chi connectivity index (χ0v) is 17.1. The predicted molar refractivity (Wildman–Crippen MR) is 110 cm³/mol. The van der Waals surface area contributed by atoms with E-state index in [1.165, 1.54) is 4.31 Å². The van der Waals surface area contributed by atoms with Gasteiger partial charge in [0.15, 0.2) is 12.4 Å². The van der Waals surface area contributed by atoms with Gasteiger partial charge in [0.1, 0.15) is 0 Å². The summed E-state index contributed by atoms with van der Waals surface area (Å²) in [4.78, 5) is 16.8. The van der Waals surface area contributed by atoms with E-state index in [0.717, 1.165) is 5.56 Å². The standard InChI is InChI=1S/C22H22N2O5S/c25-22(28-16-21-23-15-20(29-21)17-7-3-1-4-8-17)18-11-13-24(14-12-18)30(26,27)19-9-5-2-6-10-19/h1-10,15,18H,11-14,16H2. The fourth-order valence-corrected chi connectivity index (χ4v) is 4.93. The van der Waals surface area contributed by atoms with Gasteiger partial charge in [0, 0.05) is 18.7 Å². The molecule has 0 saturated carbocycles. The molecule has 1 aliphatic heterocycles. The van der Waals surface area contributed by atoms with Crippen LogP contribution in [0.1, 0.15) is 18.7 Å². The minimum Gasteiger partial charge on any atom is -0.455 e. The number of hydrogen-bond donors (Lipinski definition) is 0. The number of esters is 1. The van der Waals surface area contributed by atoms with Crippen molar-refractivity contribution in [2.75, 3.05) is 13.1 Å². The fraction of sp³-hybridized carbons (Fsp3) is 0.273. The van der Waals surface area contributed by atoms with Crippen LogP contribution in [0, 0.1) is 5.92 Å². The van der Waals surface area contributed by atoms with Gasteiger partial charge in [0.2, 0.25) is 15.9 Å². The summed E-state index contributed by atoms with van der Waals surface area (Å²) in [6.45, 7) is 0.524. The van der Waals surface area contributed by atoms with Crippen molar-refractivity contribution >= 4 is 16.0 Å². The minimum atomic E-state index is -3.53. The van der Waals surface area contributed by atoms with Gasteiger partial charge in [-0.3, -0.25) is 4.79 Å². The molecule has 4 rings (SSSR count). The van der Waals surface area contributed by atoms with Crippen LogP contribution in [0.2, 0.25) is 0 Å². The van der Waals surface area contributed by atoms with Gasteiger partial charge >= 0.3 is 5.97 Å². The highest BCUT2D eigenvalue weighted by molar-refractivity contribution is 7.89. The quantitative estimate of drug-likeness (QED) is 0.561. The lowest BCUT2D eigenvalue weighted by atomic mass is 9.98. The Kier molecular flexibility index (Phi) is 5.96. The van der Waals surface area contributed by atoms with Gasteiger partial charge in [-0.15, -0.1) is 0 Å². The summed E-state index contributed by atoms with van der Waals surface area (Å²) in [5.74, 6) is 0.245. The number of aromatic nitrogens is 1. The molecule has 1 fully saturated rings. The van der Waals surface area contributed by atoms with E-state index in [4.69, 9.17) is 9.15 Å². The molecule has 0 bridgehead atoms. The molecule has 0 aliphatic carbocycles. The van der Waals surface area contributed by atoms with E-state index in [9.17, 15) is 13.2 Å². The van der Waals surface area contributed by atoms with Gasteiger partial charge in [-0.25, -0.2) is 13.4 Å². The number of sulfonamides is 1. The van der Waals surface area contributed by atoms with E-state index < -0.39 is 10.0 Å². The third kappa shape index (κ3) is 4.44. The highest BCUT2D eigenvalue weighted by Gasteiger charge is 2.32. The average molecular weight is 426 g/mol. The Morgan fingerprint density at radius 3 is 2.33 bits per heavy atom. The summed E-state index contributed by atoms with van der Waals surface area (Å²) in [5, 5.41) is 0. The first-order valence-corrected chi connectivity index (χ1v) is 11.2. The Bertz CT molecular complexity index is 1090. The summed E-state index contributed by atoms with van der Waals surface area (Å²) < 4.78 is 37.8. The van der Waals surface area contributed by atoms with Crippen LogP contribution in [-0.2, 0) is 26.2 Å². The largest absolute Gasteiger partial charge is 0.455 e. The number of hydrogen-bond acceptors (Lipinski definition) is 6. The molecule has 0 atom stereocenters. The molecule has 156 valence electrons. The molecule has 30 heavy (non-hydrogen) atoms. The van der Waals surface area contributed by atoms with Crippen LogP contribution in [0.4, 0.5) is 0 Å². The molecular weight excluding hydrogens is 404 g/mol. The molecule has 1 aromatic heterocycles. The van der Waals surface area contributed by atoms with E-state index >= 15 is 0 Å². The Morgan fingerprint density at radius 1 is 1.03 bits per heavy atom. The Labute approximate surface area is 175 Å². The number of benzene rings is 2. The second kappa shape index (κ2) is 8.81. The van der Waals surface area contributed by atoms with Crippen molar-refractivity contribution in [3.05, 3.63) is 72.8 Å². The summed E-state index contributed by atoms with van der Waals surface area (Å²) in [7, 11) is -3.53. The number of piperidine rings is 1. The van der Waals surface area contributed by atoms with Gasteiger partial charge in [0.05, 0.1) is 17.0 Å². The van der Waals surface area contributed by atoms with Crippen molar-refractivity contribution in [3.63, 3.8) is 0 Å². The molecule has 2 aromatic carbocycles. The van der Waals surface area contributed by atoms with E-state index in [1.54, 1.807) is 36.5 Å². The summed E-state index contributed by atoms with van der Waals surface area (Å²) in [5.41, 5.74) is 0.898. The molecule has 0 unspecified atom stereocenters. The van der Waals surface area contributed by atoms with E-state index in [2.05, 4.69) is 4.98 Å². The number of nitrogens with zero attached hydrogens (tertiary/aromatic N) is 2. The van der Waals surface area contributed by atoms with Crippen molar-refractivity contribution in [1.29, 1.82) is 0 Å². The molecular formula is C22H22N2O5S. The fourth-order valence-electron chi connectivity index (χ4n) is 3.44. The summed E-state index contributed by atoms with van der Waals surface area (Å²) in [6.07, 6.45) is 2.45. The van der Waals surface area contributed by atoms with Crippen LogP contribution in [0.25, 0.3) is 11.3 Å². The predicted octanol–water partition coefficient (Wildman–Crippen LogP) is 3.49. The lowest BCUT2D eigenvalue weighted by Crippen LogP contribution is -2.40. The van der Waals surface area contributed by atoms with E-state index in [1.807, 2.05) is 30.3 Å². The molecule has 1 saturated heterocycles. The van der Waals surface area contributed by atoms with E-state index in [0.29, 0.717) is 24.5 Å². The van der Waals surface area contributed by atoms with Crippen LogP contribution in [-0.4, -0.2) is 36.8 Å². The molecule has 8 heteroatoms. The highest BCUT2D eigenvalue weighted by Crippen LogP contribution is 2.25. The van der Waals surface area contributed by atoms with Crippen molar-refractivity contribution < 1.29 is 22.4 Å². The normalized spacial score (nSPS) is 15.7. The topological polar surface area (TPSA) is 89.7 Å². The van der Waals surface area contributed by atoms with E-state index in [-0.39, 0.29) is 36.5 Å². The Hall–Kier alpha value is -2.97. The highest BCUT2D eigenvalue weighted by atomic mass is 32.2. The molecule has 0 amide bonds. The minimum absolute atomic E-state index is 0.0474. The SMILES string of the molecule is O=C(OCc1ncc(-c2ccccc2)o1)C1CCN(S(=O)(=O)c2ccccc2)CC1. The van der Waals surface area contributed by atoms with Crippen LogP contribution >= 0.6 is 0 Å². The van der Waals surface area contributed by atoms with Gasteiger partial charge < -0.3 is 9.15 Å². The maximum Gasteiger partial charge on any atom is 0.309 e. The molecule has 0 N–H and O–H groups in total. The Morgan fingerprint density at radius 2 is 1.67 bits per heavy atom. The Balaban J connectivity index is 1.29. The van der Waals surface area contributed by atoms with Crippen LogP contribution in [0.5, 0.6) is 0 Å². The van der Waals surface area contributed by atoms with Crippen LogP contribution < -0.4 is 0 Å². The number of carbonyl (C=O) groups is 1. The number of oxazole rings is 1. The lowest BCUT2D eigenvalue weighted by molar-refractivity contribution is -0.151. The second-order valence-corrected chi connectivity index (χ2v) is 9.02. The van der Waals surface area contributed by atoms with Gasteiger partial charge in [0.25, 0.3) is 0 Å². The third-order valence-corrected chi connectivity index (χ3v) is 7.03. The first kappa shape index (κ1) is 20.3. The average Bonchev–Trinajstić information content (AvgIpc) is 3.28. The van der Waals surface area contributed by atoms with Gasteiger partial charge in [-0.1, -0.05) is 48.5 Å². The summed E-state index contributed by atoms with van der Waals surface area (Å²) in [6, 6.07) is 17.9. The number of rotatable bonds is 6. The first-order valence-electron chi connectivity index (χ1n) is 9.76. The molecule has 0 radical (unpaired) electrons. The number of carbonyl (C=O) groups excluding carboxylic acids is 1. The smallest absolute Gasteiger partial charge is 0.309 e. The molecule has 0 spiro atoms. The zero-order valence-electron chi connectivity index (χ0n) is 16.3. The monoisotopic (exact) mass is 426 g/mol. The first-order chi connectivity index (χ1) is 14.5. The zero-order chi connectivity index (χ0) is 21.0. The third-order valence-electron chi connectivity index (χ3n) is 5.12. The van der Waals surface area contributed by atoms with Crippen molar-refractivity contribution in [2.45, 2.75) is 24.3 Å². The van der Waals surface area contributed by atoms with Crippen LogP contribution in [0.15, 0.2) is 76.2 Å². The maximum atomic E-state index is 12.7. The molecule has 3 aromatic rings. The lowest BCUT2D eigenvalue weighted by Gasteiger charge is -2.30. The molecule has 7 nitrogen and oxygen atoms in total. The van der Waals surface area contributed by atoms with Gasteiger partial charge in [-0.2, -0.15) is 4.31 Å². The second-order valence-electron chi connectivity index (χ2n) is 7.08. The molecule has 1 aliphatic rings.